The van der Waals surface area contributed by atoms with Crippen LogP contribution >= 0.6 is 11.6 Å². The summed E-state index contributed by atoms with van der Waals surface area (Å²) < 4.78 is 26.6. The summed E-state index contributed by atoms with van der Waals surface area (Å²) in [7, 11) is -3.45. The second kappa shape index (κ2) is 6.07. The van der Waals surface area contributed by atoms with E-state index in [0.717, 1.165) is 17.4 Å². The number of hydrogen-bond donors (Lipinski definition) is 0. The molecule has 24 heavy (non-hydrogen) atoms. The molecule has 2 aromatic heterocycles. The third-order valence-corrected chi connectivity index (χ3v) is 6.04. The minimum Gasteiger partial charge on any atom is -0.313 e. The SMILES string of the molecule is CCS(=O)(=O)c1ccc(Cl)cc1-c1cc2ccc(C)cn2c1C=O. The fraction of sp³-hybridized carbons (Fsp3) is 0.167. The molecule has 4 nitrogen and oxygen atoms in total. The van der Waals surface area contributed by atoms with E-state index in [0.29, 0.717) is 21.8 Å². The van der Waals surface area contributed by atoms with Gasteiger partial charge in [0.25, 0.3) is 0 Å². The van der Waals surface area contributed by atoms with E-state index < -0.39 is 9.84 Å². The fourth-order valence-corrected chi connectivity index (χ4v) is 4.03. The maximum Gasteiger partial charge on any atom is 0.178 e. The molecule has 0 fully saturated rings. The number of aryl methyl sites for hydroxylation is 1. The van der Waals surface area contributed by atoms with Gasteiger partial charge in [-0.05, 0) is 42.8 Å². The first kappa shape index (κ1) is 16.7. The van der Waals surface area contributed by atoms with Gasteiger partial charge in [0.1, 0.15) is 0 Å². The number of carbonyl (C=O) groups is 1. The van der Waals surface area contributed by atoms with Crippen LogP contribution in [0.1, 0.15) is 23.0 Å². The predicted molar refractivity (Wildman–Crippen MR) is 95.7 cm³/mol. The van der Waals surface area contributed by atoms with Gasteiger partial charge in [-0.1, -0.05) is 24.6 Å². The van der Waals surface area contributed by atoms with Crippen molar-refractivity contribution in [3.05, 3.63) is 58.9 Å². The molecule has 0 bridgehead atoms. The topological polar surface area (TPSA) is 55.6 Å². The quantitative estimate of drug-likeness (QED) is 0.655. The van der Waals surface area contributed by atoms with E-state index in [1.807, 2.05) is 31.3 Å². The largest absolute Gasteiger partial charge is 0.313 e. The fourth-order valence-electron chi connectivity index (χ4n) is 2.77. The van der Waals surface area contributed by atoms with Crippen LogP contribution in [0.5, 0.6) is 0 Å². The standard InChI is InChI=1S/C18H16ClNO3S/c1-3-24(22,23)18-7-5-13(19)8-16(18)15-9-14-6-4-12(2)10-20(14)17(15)11-21/h4-11H,3H2,1-2H3. The van der Waals surface area contributed by atoms with Gasteiger partial charge in [0.2, 0.25) is 0 Å². The monoisotopic (exact) mass is 361 g/mol. The molecule has 0 aliphatic carbocycles. The molecule has 0 radical (unpaired) electrons. The molecule has 3 aromatic rings. The van der Waals surface area contributed by atoms with E-state index in [1.165, 1.54) is 6.07 Å². The molecule has 0 saturated heterocycles. The summed E-state index contributed by atoms with van der Waals surface area (Å²) in [5.74, 6) is -0.0233. The lowest BCUT2D eigenvalue weighted by molar-refractivity contribution is 0.111. The summed E-state index contributed by atoms with van der Waals surface area (Å²) in [6.07, 6.45) is 2.59. The molecule has 6 heteroatoms. The first-order valence-corrected chi connectivity index (χ1v) is 9.50. The van der Waals surface area contributed by atoms with E-state index >= 15 is 0 Å². The highest BCUT2D eigenvalue weighted by Gasteiger charge is 2.21. The van der Waals surface area contributed by atoms with Crippen LogP contribution < -0.4 is 0 Å². The van der Waals surface area contributed by atoms with Crippen LogP contribution in [-0.4, -0.2) is 24.9 Å². The Morgan fingerprint density at radius 3 is 2.54 bits per heavy atom. The van der Waals surface area contributed by atoms with E-state index in [4.69, 9.17) is 11.6 Å². The summed E-state index contributed by atoms with van der Waals surface area (Å²) in [5, 5.41) is 0.420. The highest BCUT2D eigenvalue weighted by molar-refractivity contribution is 7.91. The molecule has 0 aliphatic rings. The van der Waals surface area contributed by atoms with Gasteiger partial charge in [-0.25, -0.2) is 8.42 Å². The van der Waals surface area contributed by atoms with Gasteiger partial charge in [-0.2, -0.15) is 0 Å². The lowest BCUT2D eigenvalue weighted by Gasteiger charge is -2.10. The van der Waals surface area contributed by atoms with Gasteiger partial charge in [0.05, 0.1) is 16.3 Å². The number of aldehydes is 1. The Morgan fingerprint density at radius 2 is 1.88 bits per heavy atom. The number of carbonyl (C=O) groups excluding carboxylic acids is 1. The molecule has 2 heterocycles. The highest BCUT2D eigenvalue weighted by Crippen LogP contribution is 2.34. The highest BCUT2D eigenvalue weighted by atomic mass is 35.5. The Morgan fingerprint density at radius 1 is 1.12 bits per heavy atom. The van der Waals surface area contributed by atoms with Crippen molar-refractivity contribution < 1.29 is 13.2 Å². The van der Waals surface area contributed by atoms with Crippen LogP contribution in [0.15, 0.2) is 47.5 Å². The number of rotatable bonds is 4. The molecule has 0 aliphatic heterocycles. The maximum atomic E-state index is 12.4. The molecule has 124 valence electrons. The summed E-state index contributed by atoms with van der Waals surface area (Å²) in [4.78, 5) is 11.9. The molecular weight excluding hydrogens is 346 g/mol. The second-order valence-corrected chi connectivity index (χ2v) is 8.29. The Balaban J connectivity index is 2.40. The Kier molecular flexibility index (Phi) is 4.24. The Bertz CT molecular complexity index is 1050. The summed E-state index contributed by atoms with van der Waals surface area (Å²) in [6, 6.07) is 10.3. The van der Waals surface area contributed by atoms with Gasteiger partial charge in [-0.3, -0.25) is 4.79 Å². The minimum atomic E-state index is -3.45. The van der Waals surface area contributed by atoms with Crippen molar-refractivity contribution in [1.29, 1.82) is 0 Å². The van der Waals surface area contributed by atoms with Gasteiger partial charge in [0, 0.05) is 27.9 Å². The zero-order valence-corrected chi connectivity index (χ0v) is 14.9. The van der Waals surface area contributed by atoms with E-state index in [2.05, 4.69) is 0 Å². The van der Waals surface area contributed by atoms with Crippen molar-refractivity contribution in [2.24, 2.45) is 0 Å². The third-order valence-electron chi connectivity index (χ3n) is 4.01. The maximum absolute atomic E-state index is 12.4. The van der Waals surface area contributed by atoms with Crippen molar-refractivity contribution in [3.63, 3.8) is 0 Å². The number of sulfone groups is 1. The van der Waals surface area contributed by atoms with Crippen LogP contribution in [0.4, 0.5) is 0 Å². The average molecular weight is 362 g/mol. The van der Waals surface area contributed by atoms with Gasteiger partial charge < -0.3 is 4.40 Å². The van der Waals surface area contributed by atoms with Gasteiger partial charge >= 0.3 is 0 Å². The van der Waals surface area contributed by atoms with Crippen molar-refractivity contribution in [2.45, 2.75) is 18.7 Å². The molecule has 0 unspecified atom stereocenters. The first-order chi connectivity index (χ1) is 11.4. The number of fused-ring (bicyclic) bond motifs is 1. The van der Waals surface area contributed by atoms with Crippen molar-refractivity contribution in [3.8, 4) is 11.1 Å². The molecule has 3 rings (SSSR count). The zero-order valence-electron chi connectivity index (χ0n) is 13.3. The molecule has 0 saturated carbocycles. The van der Waals surface area contributed by atoms with Crippen LogP contribution in [0, 0.1) is 6.92 Å². The average Bonchev–Trinajstić information content (AvgIpc) is 2.92. The molecule has 0 spiro atoms. The number of pyridine rings is 1. The molecule has 0 amide bonds. The second-order valence-electron chi connectivity index (χ2n) is 5.61. The Hall–Kier alpha value is -2.11. The number of halogens is 1. The van der Waals surface area contributed by atoms with Gasteiger partial charge in [-0.15, -0.1) is 0 Å². The molecule has 1 aromatic carbocycles. The van der Waals surface area contributed by atoms with E-state index in [-0.39, 0.29) is 10.6 Å². The lowest BCUT2D eigenvalue weighted by atomic mass is 10.1. The zero-order chi connectivity index (χ0) is 17.5. The van der Waals surface area contributed by atoms with E-state index in [1.54, 1.807) is 23.5 Å². The van der Waals surface area contributed by atoms with Crippen molar-refractivity contribution >= 4 is 33.2 Å². The number of aromatic nitrogens is 1. The predicted octanol–water partition coefficient (Wildman–Crippen LogP) is 4.17. The normalized spacial score (nSPS) is 11.8. The first-order valence-electron chi connectivity index (χ1n) is 7.47. The summed E-state index contributed by atoms with van der Waals surface area (Å²) in [6.45, 7) is 3.52. The third kappa shape index (κ3) is 2.74. The molecular formula is C18H16ClNO3S. The van der Waals surface area contributed by atoms with Crippen LogP contribution in [0.25, 0.3) is 16.6 Å². The lowest BCUT2D eigenvalue weighted by Crippen LogP contribution is -2.06. The smallest absolute Gasteiger partial charge is 0.178 e. The van der Waals surface area contributed by atoms with Crippen LogP contribution in [0.2, 0.25) is 5.02 Å². The minimum absolute atomic E-state index is 0.0233. The summed E-state index contributed by atoms with van der Waals surface area (Å²) >= 11 is 6.09. The van der Waals surface area contributed by atoms with Crippen molar-refractivity contribution in [2.75, 3.05) is 5.75 Å². The van der Waals surface area contributed by atoms with Gasteiger partial charge in [0.15, 0.2) is 16.1 Å². The van der Waals surface area contributed by atoms with E-state index in [9.17, 15) is 13.2 Å². The number of hydrogen-bond acceptors (Lipinski definition) is 3. The molecule has 0 N–H and O–H groups in total. The number of nitrogens with zero attached hydrogens (tertiary/aromatic N) is 1. The number of benzene rings is 1. The summed E-state index contributed by atoms with van der Waals surface area (Å²) in [5.41, 5.74) is 3.24. The Labute approximate surface area is 145 Å². The van der Waals surface area contributed by atoms with Crippen LogP contribution in [0.3, 0.4) is 0 Å². The molecule has 0 atom stereocenters. The van der Waals surface area contributed by atoms with Crippen molar-refractivity contribution in [1.82, 2.24) is 4.40 Å². The van der Waals surface area contributed by atoms with Crippen LogP contribution in [-0.2, 0) is 9.84 Å².